The highest BCUT2D eigenvalue weighted by atomic mass is 19.1. The van der Waals surface area contributed by atoms with Gasteiger partial charge >= 0.3 is 0 Å². The molecule has 1 N–H and O–H groups in total. The van der Waals surface area contributed by atoms with Crippen molar-refractivity contribution in [3.05, 3.63) is 77.1 Å². The Kier molecular flexibility index (Phi) is 4.31. The number of carbonyl (C=O) groups is 1. The number of hydrogen-bond donors (Lipinski definition) is 1. The van der Waals surface area contributed by atoms with Crippen molar-refractivity contribution in [3.8, 4) is 0 Å². The first-order chi connectivity index (χ1) is 9.61. The SMILES string of the molecule is CNC(=O)C=C(c1cccc(F)c1)c1ccccc1C. The van der Waals surface area contributed by atoms with E-state index in [9.17, 15) is 9.18 Å². The van der Waals surface area contributed by atoms with E-state index in [1.54, 1.807) is 19.2 Å². The number of benzene rings is 2. The van der Waals surface area contributed by atoms with E-state index >= 15 is 0 Å². The predicted octanol–water partition coefficient (Wildman–Crippen LogP) is 3.31. The maximum Gasteiger partial charge on any atom is 0.244 e. The molecule has 0 saturated heterocycles. The number of halogens is 1. The summed E-state index contributed by atoms with van der Waals surface area (Å²) in [6.45, 7) is 1.96. The molecule has 2 rings (SSSR count). The van der Waals surface area contributed by atoms with E-state index in [2.05, 4.69) is 5.32 Å². The average Bonchev–Trinajstić information content (AvgIpc) is 2.45. The lowest BCUT2D eigenvalue weighted by Crippen LogP contribution is -2.15. The van der Waals surface area contributed by atoms with E-state index in [-0.39, 0.29) is 11.7 Å². The zero-order valence-electron chi connectivity index (χ0n) is 11.5. The van der Waals surface area contributed by atoms with Crippen molar-refractivity contribution in [2.45, 2.75) is 6.92 Å². The van der Waals surface area contributed by atoms with Gasteiger partial charge in [-0.3, -0.25) is 4.79 Å². The Balaban J connectivity index is 2.60. The number of aryl methyl sites for hydroxylation is 1. The van der Waals surface area contributed by atoms with E-state index in [1.165, 1.54) is 18.2 Å². The average molecular weight is 269 g/mol. The van der Waals surface area contributed by atoms with Crippen molar-refractivity contribution in [1.82, 2.24) is 5.32 Å². The molecule has 0 bridgehead atoms. The lowest BCUT2D eigenvalue weighted by Gasteiger charge is -2.11. The van der Waals surface area contributed by atoms with Crippen LogP contribution in [0.5, 0.6) is 0 Å². The van der Waals surface area contributed by atoms with Gasteiger partial charge in [-0.1, -0.05) is 36.4 Å². The highest BCUT2D eigenvalue weighted by Gasteiger charge is 2.10. The first-order valence-electron chi connectivity index (χ1n) is 6.37. The molecule has 0 aliphatic heterocycles. The highest BCUT2D eigenvalue weighted by molar-refractivity contribution is 5.99. The van der Waals surface area contributed by atoms with Gasteiger partial charge in [-0.2, -0.15) is 0 Å². The van der Waals surface area contributed by atoms with Gasteiger partial charge in [0.25, 0.3) is 0 Å². The van der Waals surface area contributed by atoms with E-state index in [4.69, 9.17) is 0 Å². The van der Waals surface area contributed by atoms with Crippen molar-refractivity contribution in [1.29, 1.82) is 0 Å². The van der Waals surface area contributed by atoms with Crippen molar-refractivity contribution in [2.24, 2.45) is 0 Å². The van der Waals surface area contributed by atoms with Crippen molar-refractivity contribution in [3.63, 3.8) is 0 Å². The Morgan fingerprint density at radius 2 is 1.90 bits per heavy atom. The minimum Gasteiger partial charge on any atom is -0.356 e. The molecule has 2 nitrogen and oxygen atoms in total. The summed E-state index contributed by atoms with van der Waals surface area (Å²) in [6.07, 6.45) is 1.50. The molecule has 0 radical (unpaired) electrons. The van der Waals surface area contributed by atoms with Gasteiger partial charge in [0.05, 0.1) is 0 Å². The maximum atomic E-state index is 13.4. The zero-order valence-corrected chi connectivity index (χ0v) is 11.5. The summed E-state index contributed by atoms with van der Waals surface area (Å²) in [7, 11) is 1.57. The molecule has 0 fully saturated rings. The molecule has 2 aromatic rings. The predicted molar refractivity (Wildman–Crippen MR) is 78.7 cm³/mol. The van der Waals surface area contributed by atoms with Gasteiger partial charge in [0, 0.05) is 13.1 Å². The number of rotatable bonds is 3. The number of hydrogen-bond acceptors (Lipinski definition) is 1. The van der Waals surface area contributed by atoms with Gasteiger partial charge < -0.3 is 5.32 Å². The van der Waals surface area contributed by atoms with Gasteiger partial charge in [0.2, 0.25) is 5.91 Å². The standard InChI is InChI=1S/C17H16FNO/c1-12-6-3-4-9-15(12)16(11-17(20)19-2)13-7-5-8-14(18)10-13/h3-11H,1-2H3,(H,19,20). The minimum absolute atomic E-state index is 0.215. The molecule has 3 heteroatoms. The molecule has 0 atom stereocenters. The van der Waals surface area contributed by atoms with Crippen LogP contribution in [0.1, 0.15) is 16.7 Å². The van der Waals surface area contributed by atoms with Crippen molar-refractivity contribution in [2.75, 3.05) is 7.05 Å². The summed E-state index contributed by atoms with van der Waals surface area (Å²) in [5.41, 5.74) is 3.35. The Bertz CT molecular complexity index is 662. The Hall–Kier alpha value is -2.42. The quantitative estimate of drug-likeness (QED) is 0.851. The summed E-state index contributed by atoms with van der Waals surface area (Å²) >= 11 is 0. The molecule has 0 heterocycles. The third kappa shape index (κ3) is 3.12. The topological polar surface area (TPSA) is 29.1 Å². The van der Waals surface area contributed by atoms with Crippen LogP contribution in [0.15, 0.2) is 54.6 Å². The maximum absolute atomic E-state index is 13.4. The summed E-state index contributed by atoms with van der Waals surface area (Å²) in [5, 5.41) is 2.56. The lowest BCUT2D eigenvalue weighted by atomic mass is 9.94. The van der Waals surface area contributed by atoms with Crippen LogP contribution < -0.4 is 5.32 Å². The van der Waals surface area contributed by atoms with Crippen LogP contribution in [-0.2, 0) is 4.79 Å². The summed E-state index contributed by atoms with van der Waals surface area (Å²) < 4.78 is 13.4. The first-order valence-corrected chi connectivity index (χ1v) is 6.37. The van der Waals surface area contributed by atoms with E-state index in [0.717, 1.165) is 11.1 Å². The van der Waals surface area contributed by atoms with Crippen LogP contribution >= 0.6 is 0 Å². The number of nitrogens with one attached hydrogen (secondary N) is 1. The largest absolute Gasteiger partial charge is 0.356 e. The molecule has 0 aromatic heterocycles. The van der Waals surface area contributed by atoms with Gasteiger partial charge in [-0.25, -0.2) is 4.39 Å². The molecular formula is C17H16FNO. The minimum atomic E-state index is -0.320. The Morgan fingerprint density at radius 3 is 2.55 bits per heavy atom. The molecule has 0 saturated carbocycles. The van der Waals surface area contributed by atoms with Gasteiger partial charge in [0.1, 0.15) is 5.82 Å². The third-order valence-electron chi connectivity index (χ3n) is 3.09. The highest BCUT2D eigenvalue weighted by Crippen LogP contribution is 2.26. The molecule has 0 aliphatic carbocycles. The number of likely N-dealkylation sites (N-methyl/N-ethyl adjacent to an activating group) is 1. The van der Waals surface area contributed by atoms with Crippen LogP contribution in [0, 0.1) is 12.7 Å². The second-order valence-corrected chi connectivity index (χ2v) is 4.50. The molecule has 0 spiro atoms. The smallest absolute Gasteiger partial charge is 0.244 e. The zero-order chi connectivity index (χ0) is 14.5. The van der Waals surface area contributed by atoms with Crippen LogP contribution in [0.2, 0.25) is 0 Å². The molecule has 0 aliphatic rings. The fourth-order valence-corrected chi connectivity index (χ4v) is 2.05. The van der Waals surface area contributed by atoms with Crippen LogP contribution in [0.3, 0.4) is 0 Å². The number of carbonyl (C=O) groups excluding carboxylic acids is 1. The molecule has 20 heavy (non-hydrogen) atoms. The monoisotopic (exact) mass is 269 g/mol. The fraction of sp³-hybridized carbons (Fsp3) is 0.118. The van der Waals surface area contributed by atoms with Crippen molar-refractivity contribution >= 4 is 11.5 Å². The van der Waals surface area contributed by atoms with E-state index < -0.39 is 0 Å². The molecule has 2 aromatic carbocycles. The van der Waals surface area contributed by atoms with Crippen LogP contribution in [0.25, 0.3) is 5.57 Å². The summed E-state index contributed by atoms with van der Waals surface area (Å²) in [6, 6.07) is 14.0. The Labute approximate surface area is 118 Å². The molecule has 1 amide bonds. The second-order valence-electron chi connectivity index (χ2n) is 4.50. The van der Waals surface area contributed by atoms with Crippen LogP contribution in [0.4, 0.5) is 4.39 Å². The molecule has 0 unspecified atom stereocenters. The molecular weight excluding hydrogens is 253 g/mol. The van der Waals surface area contributed by atoms with Gasteiger partial charge in [-0.15, -0.1) is 0 Å². The third-order valence-corrected chi connectivity index (χ3v) is 3.09. The fourth-order valence-electron chi connectivity index (χ4n) is 2.05. The van der Waals surface area contributed by atoms with Crippen molar-refractivity contribution < 1.29 is 9.18 Å². The lowest BCUT2D eigenvalue weighted by molar-refractivity contribution is -0.116. The van der Waals surface area contributed by atoms with Gasteiger partial charge in [-0.05, 0) is 41.3 Å². The normalized spacial score (nSPS) is 11.2. The second kappa shape index (κ2) is 6.15. The molecule has 102 valence electrons. The summed E-state index contributed by atoms with van der Waals surface area (Å²) in [4.78, 5) is 11.7. The van der Waals surface area contributed by atoms with E-state index in [0.29, 0.717) is 11.1 Å². The Morgan fingerprint density at radius 1 is 1.15 bits per heavy atom. The number of amides is 1. The van der Waals surface area contributed by atoms with Gasteiger partial charge in [0.15, 0.2) is 0 Å². The van der Waals surface area contributed by atoms with E-state index in [1.807, 2.05) is 31.2 Å². The van der Waals surface area contributed by atoms with Crippen LogP contribution in [-0.4, -0.2) is 13.0 Å². The summed E-state index contributed by atoms with van der Waals surface area (Å²) in [5.74, 6) is -0.536. The first kappa shape index (κ1) is 14.0.